The van der Waals surface area contributed by atoms with Crippen LogP contribution >= 0.6 is 0 Å². The summed E-state index contributed by atoms with van der Waals surface area (Å²) in [6.45, 7) is 3.95. The zero-order valence-corrected chi connectivity index (χ0v) is 15.4. The van der Waals surface area contributed by atoms with E-state index in [-0.39, 0.29) is 0 Å². The van der Waals surface area contributed by atoms with Crippen molar-refractivity contribution in [3.8, 4) is 22.5 Å². The van der Waals surface area contributed by atoms with Gasteiger partial charge in [-0.3, -0.25) is 0 Å². The molecule has 0 spiro atoms. The van der Waals surface area contributed by atoms with Gasteiger partial charge in [0.05, 0.1) is 17.4 Å². The highest BCUT2D eigenvalue weighted by Crippen LogP contribution is 2.40. The zero-order chi connectivity index (χ0) is 18.1. The van der Waals surface area contributed by atoms with Gasteiger partial charge in [0.15, 0.2) is 5.76 Å². The molecule has 0 amide bonds. The summed E-state index contributed by atoms with van der Waals surface area (Å²) in [4.78, 5) is 0. The largest absolute Gasteiger partial charge is 0.388 e. The van der Waals surface area contributed by atoms with E-state index < -0.39 is 6.10 Å². The summed E-state index contributed by atoms with van der Waals surface area (Å²) in [5, 5.41) is 14.5. The van der Waals surface area contributed by atoms with Crippen molar-refractivity contribution >= 4 is 0 Å². The smallest absolute Gasteiger partial charge is 0.172 e. The first-order valence-electron chi connectivity index (χ1n) is 9.52. The van der Waals surface area contributed by atoms with Crippen molar-refractivity contribution in [1.29, 1.82) is 0 Å². The Hall–Kier alpha value is -2.39. The molecule has 1 fully saturated rings. The molecule has 1 saturated carbocycles. The van der Waals surface area contributed by atoms with Gasteiger partial charge >= 0.3 is 0 Å². The van der Waals surface area contributed by atoms with Crippen molar-refractivity contribution in [3.05, 3.63) is 65.4 Å². The molecule has 0 aliphatic heterocycles. The average molecular weight is 347 g/mol. The van der Waals surface area contributed by atoms with Crippen molar-refractivity contribution < 1.29 is 9.63 Å². The Balaban J connectivity index is 1.60. The lowest BCUT2D eigenvalue weighted by Gasteiger charge is -2.10. The van der Waals surface area contributed by atoms with Gasteiger partial charge in [0.1, 0.15) is 0 Å². The van der Waals surface area contributed by atoms with E-state index in [0.717, 1.165) is 29.2 Å². The maximum absolute atomic E-state index is 10.4. The molecule has 0 bridgehead atoms. The molecule has 3 heteroatoms. The number of benzene rings is 2. The van der Waals surface area contributed by atoms with Gasteiger partial charge in [-0.1, -0.05) is 67.0 Å². The molecule has 0 radical (unpaired) electrons. The van der Waals surface area contributed by atoms with E-state index in [0.29, 0.717) is 12.2 Å². The molecule has 3 nitrogen and oxygen atoms in total. The molecule has 1 heterocycles. The summed E-state index contributed by atoms with van der Waals surface area (Å²) in [5.41, 5.74) is 6.39. The molecule has 0 saturated heterocycles. The first-order chi connectivity index (χ1) is 12.7. The summed E-state index contributed by atoms with van der Waals surface area (Å²) >= 11 is 0. The van der Waals surface area contributed by atoms with Crippen molar-refractivity contribution in [1.82, 2.24) is 5.16 Å². The number of nitrogens with zero attached hydrogens (tertiary/aromatic N) is 1. The minimum atomic E-state index is -0.532. The number of aromatic nitrogens is 1. The van der Waals surface area contributed by atoms with Gasteiger partial charge in [-0.05, 0) is 48.8 Å². The lowest BCUT2D eigenvalue weighted by Crippen LogP contribution is -1.99. The summed E-state index contributed by atoms with van der Waals surface area (Å²) in [7, 11) is 0. The van der Waals surface area contributed by atoms with Crippen LogP contribution in [0.25, 0.3) is 22.5 Å². The van der Waals surface area contributed by atoms with E-state index in [1.54, 1.807) is 0 Å². The van der Waals surface area contributed by atoms with Crippen molar-refractivity contribution in [2.45, 2.75) is 51.6 Å². The van der Waals surface area contributed by atoms with E-state index in [4.69, 9.17) is 4.52 Å². The van der Waals surface area contributed by atoms with E-state index in [9.17, 15) is 5.11 Å². The molecule has 134 valence electrons. The fourth-order valence-electron chi connectivity index (χ4n) is 3.57. The summed E-state index contributed by atoms with van der Waals surface area (Å²) in [5.74, 6) is 1.47. The molecule has 1 aromatic heterocycles. The van der Waals surface area contributed by atoms with Crippen molar-refractivity contribution in [3.63, 3.8) is 0 Å². The first-order valence-corrected chi connectivity index (χ1v) is 9.52. The normalized spacial score (nSPS) is 15.2. The Kier molecular flexibility index (Phi) is 4.64. The molecular formula is C23H25NO2. The third-order valence-corrected chi connectivity index (χ3v) is 5.24. The average Bonchev–Trinajstić information content (AvgIpc) is 3.44. The minimum absolute atomic E-state index is 0.532. The van der Waals surface area contributed by atoms with E-state index in [2.05, 4.69) is 48.5 Å². The third kappa shape index (κ3) is 3.32. The molecule has 1 N–H and O–H groups in total. The topological polar surface area (TPSA) is 46.3 Å². The highest BCUT2D eigenvalue weighted by Gasteiger charge is 2.23. The predicted octanol–water partition coefficient (Wildman–Crippen LogP) is 6.03. The quantitative estimate of drug-likeness (QED) is 0.592. The van der Waals surface area contributed by atoms with E-state index in [1.165, 1.54) is 29.5 Å². The van der Waals surface area contributed by atoms with Crippen LogP contribution in [0.3, 0.4) is 0 Å². The van der Waals surface area contributed by atoms with Crippen LogP contribution in [0.1, 0.15) is 61.4 Å². The SMILES string of the molecule is CCCC(O)c1c(C)noc1-c1ccc(-c2ccc(C3CC3)cc2)cc1. The number of aliphatic hydroxyl groups is 1. The van der Waals surface area contributed by atoms with Crippen LogP contribution in [-0.4, -0.2) is 10.3 Å². The van der Waals surface area contributed by atoms with Crippen LogP contribution in [0, 0.1) is 6.92 Å². The molecule has 26 heavy (non-hydrogen) atoms. The van der Waals surface area contributed by atoms with Crippen LogP contribution in [0.15, 0.2) is 53.1 Å². The highest BCUT2D eigenvalue weighted by molar-refractivity contribution is 5.70. The molecule has 1 aliphatic carbocycles. The zero-order valence-electron chi connectivity index (χ0n) is 15.4. The van der Waals surface area contributed by atoms with Gasteiger partial charge in [-0.15, -0.1) is 0 Å². The second-order valence-corrected chi connectivity index (χ2v) is 7.29. The van der Waals surface area contributed by atoms with Crippen molar-refractivity contribution in [2.75, 3.05) is 0 Å². The number of aliphatic hydroxyl groups excluding tert-OH is 1. The second kappa shape index (κ2) is 7.08. The second-order valence-electron chi connectivity index (χ2n) is 7.29. The van der Waals surface area contributed by atoms with Gasteiger partial charge in [0.2, 0.25) is 0 Å². The molecule has 4 rings (SSSR count). The Morgan fingerprint density at radius 2 is 1.58 bits per heavy atom. The predicted molar refractivity (Wildman–Crippen MR) is 104 cm³/mol. The van der Waals surface area contributed by atoms with Crippen LogP contribution in [0.2, 0.25) is 0 Å². The van der Waals surface area contributed by atoms with Crippen LogP contribution in [-0.2, 0) is 0 Å². The standard InChI is InChI=1S/C23H25NO2/c1-3-4-21(25)22-15(2)24-26-23(22)20-13-11-19(12-14-20)18-9-7-17(8-10-18)16-5-6-16/h7-14,16,21,25H,3-6H2,1-2H3. The monoisotopic (exact) mass is 347 g/mol. The molecule has 1 aliphatic rings. The van der Waals surface area contributed by atoms with Gasteiger partial charge in [-0.25, -0.2) is 0 Å². The Labute approximate surface area is 154 Å². The lowest BCUT2D eigenvalue weighted by molar-refractivity contribution is 0.166. The van der Waals surface area contributed by atoms with Crippen molar-refractivity contribution in [2.24, 2.45) is 0 Å². The molecule has 1 atom stereocenters. The summed E-state index contributed by atoms with van der Waals surface area (Å²) in [6.07, 6.45) is 3.76. The fraction of sp³-hybridized carbons (Fsp3) is 0.348. The van der Waals surface area contributed by atoms with Gasteiger partial charge in [0.25, 0.3) is 0 Å². The Morgan fingerprint density at radius 1 is 1.00 bits per heavy atom. The number of hydrogen-bond acceptors (Lipinski definition) is 3. The van der Waals surface area contributed by atoms with Crippen LogP contribution in [0.5, 0.6) is 0 Å². The summed E-state index contributed by atoms with van der Waals surface area (Å²) in [6, 6.07) is 17.2. The molecular weight excluding hydrogens is 322 g/mol. The molecule has 3 aromatic rings. The number of aryl methyl sites for hydroxylation is 1. The van der Waals surface area contributed by atoms with Crippen LogP contribution < -0.4 is 0 Å². The maximum Gasteiger partial charge on any atom is 0.172 e. The van der Waals surface area contributed by atoms with Gasteiger partial charge in [-0.2, -0.15) is 0 Å². The van der Waals surface area contributed by atoms with Crippen LogP contribution in [0.4, 0.5) is 0 Å². The number of rotatable bonds is 6. The van der Waals surface area contributed by atoms with Gasteiger partial charge < -0.3 is 9.63 Å². The Morgan fingerprint density at radius 3 is 2.15 bits per heavy atom. The Bertz CT molecular complexity index is 874. The maximum atomic E-state index is 10.4. The third-order valence-electron chi connectivity index (χ3n) is 5.24. The lowest BCUT2D eigenvalue weighted by atomic mass is 9.97. The molecule has 2 aromatic carbocycles. The van der Waals surface area contributed by atoms with E-state index in [1.807, 2.05) is 19.1 Å². The first kappa shape index (κ1) is 17.0. The fourth-order valence-corrected chi connectivity index (χ4v) is 3.57. The highest BCUT2D eigenvalue weighted by atomic mass is 16.5. The number of hydrogen-bond donors (Lipinski definition) is 1. The van der Waals surface area contributed by atoms with Gasteiger partial charge in [0, 0.05) is 5.56 Å². The van der Waals surface area contributed by atoms with E-state index >= 15 is 0 Å². The minimum Gasteiger partial charge on any atom is -0.388 e. The summed E-state index contributed by atoms with van der Waals surface area (Å²) < 4.78 is 5.53. The molecule has 1 unspecified atom stereocenters.